The lowest BCUT2D eigenvalue weighted by molar-refractivity contribution is 0.262. The van der Waals surface area contributed by atoms with Crippen molar-refractivity contribution in [2.75, 3.05) is 10.6 Å². The molecule has 0 aliphatic heterocycles. The van der Waals surface area contributed by atoms with Gasteiger partial charge < -0.3 is 10.6 Å². The molecule has 158 valence electrons. The minimum absolute atomic E-state index is 0.331. The molecule has 2 N–H and O–H groups in total. The van der Waals surface area contributed by atoms with Crippen LogP contribution in [-0.2, 0) is 6.42 Å². The first-order valence-corrected chi connectivity index (χ1v) is 11.0. The van der Waals surface area contributed by atoms with Gasteiger partial charge in [0, 0.05) is 32.6 Å². The number of anilines is 2. The molecule has 0 aliphatic rings. The third-order valence-corrected chi connectivity index (χ3v) is 6.32. The number of carbonyl (C=O) groups is 1. The van der Waals surface area contributed by atoms with Crippen LogP contribution in [-0.4, -0.2) is 25.6 Å². The molecule has 2 heterocycles. The summed E-state index contributed by atoms with van der Waals surface area (Å²) in [6.07, 6.45) is 2.36. The summed E-state index contributed by atoms with van der Waals surface area (Å²) in [5, 5.41) is 11.5. The Morgan fingerprint density at radius 3 is 2.52 bits per heavy atom. The van der Waals surface area contributed by atoms with Gasteiger partial charge >= 0.3 is 6.03 Å². The van der Waals surface area contributed by atoms with E-state index in [1.165, 1.54) is 6.33 Å². The molecule has 0 radical (unpaired) electrons. The summed E-state index contributed by atoms with van der Waals surface area (Å²) in [5.41, 5.74) is 4.38. The number of halogens is 1. The molecule has 7 nitrogen and oxygen atoms in total. The zero-order valence-corrected chi connectivity index (χ0v) is 18.9. The van der Waals surface area contributed by atoms with Crippen molar-refractivity contribution in [1.82, 2.24) is 19.6 Å². The molecule has 9 heteroatoms. The summed E-state index contributed by atoms with van der Waals surface area (Å²) in [4.78, 5) is 22.0. The Balaban J connectivity index is 1.48. The molecule has 2 aromatic carbocycles. The van der Waals surface area contributed by atoms with Crippen LogP contribution in [0, 0.1) is 13.8 Å². The lowest BCUT2D eigenvalue weighted by Crippen LogP contribution is -2.19. The Bertz CT molecular complexity index is 1260. The molecule has 0 bridgehead atoms. The topological polar surface area (TPSA) is 84.2 Å². The van der Waals surface area contributed by atoms with Gasteiger partial charge in [-0.05, 0) is 62.2 Å². The van der Waals surface area contributed by atoms with Crippen LogP contribution in [0.5, 0.6) is 0 Å². The predicted molar refractivity (Wildman–Crippen MR) is 124 cm³/mol. The van der Waals surface area contributed by atoms with Crippen molar-refractivity contribution >= 4 is 46.5 Å². The second kappa shape index (κ2) is 8.95. The molecule has 0 unspecified atom stereocenters. The van der Waals surface area contributed by atoms with Gasteiger partial charge in [-0.15, -0.1) is 0 Å². The number of aryl methyl sites for hydroxylation is 2. The van der Waals surface area contributed by atoms with Crippen molar-refractivity contribution in [2.45, 2.75) is 37.1 Å². The molecular formula is C22H21ClN6OS. The molecule has 0 atom stereocenters. The number of fused-ring (bicyclic) bond motifs is 1. The first kappa shape index (κ1) is 21.1. The van der Waals surface area contributed by atoms with Crippen LogP contribution in [0.4, 0.5) is 16.2 Å². The number of nitrogens with one attached hydrogen (secondary N) is 2. The normalized spacial score (nSPS) is 11.0. The van der Waals surface area contributed by atoms with Gasteiger partial charge in [-0.25, -0.2) is 9.78 Å². The Labute approximate surface area is 189 Å². The van der Waals surface area contributed by atoms with Crippen molar-refractivity contribution in [3.05, 3.63) is 70.6 Å². The Morgan fingerprint density at radius 2 is 1.81 bits per heavy atom. The van der Waals surface area contributed by atoms with Crippen LogP contribution < -0.4 is 10.6 Å². The third kappa shape index (κ3) is 4.65. The van der Waals surface area contributed by atoms with Gasteiger partial charge in [0.15, 0.2) is 0 Å². The van der Waals surface area contributed by atoms with E-state index in [2.05, 4.69) is 32.6 Å². The number of benzene rings is 2. The van der Waals surface area contributed by atoms with Gasteiger partial charge in [-0.3, -0.25) is 0 Å². The minimum Gasteiger partial charge on any atom is -0.308 e. The van der Waals surface area contributed by atoms with E-state index in [1.807, 2.05) is 50.2 Å². The summed E-state index contributed by atoms with van der Waals surface area (Å²) in [7, 11) is 0. The van der Waals surface area contributed by atoms with Crippen molar-refractivity contribution in [3.63, 3.8) is 0 Å². The van der Waals surface area contributed by atoms with Gasteiger partial charge in [0.1, 0.15) is 11.4 Å². The molecule has 0 fully saturated rings. The molecule has 2 aromatic heterocycles. The summed E-state index contributed by atoms with van der Waals surface area (Å²) in [6.45, 7) is 6.00. The fourth-order valence-corrected chi connectivity index (χ4v) is 4.46. The highest BCUT2D eigenvalue weighted by molar-refractivity contribution is 7.99. The minimum atomic E-state index is -0.331. The SMILES string of the molecule is CCc1c(C)nc2ncnn2c1Sc1ccc(NC(=O)Nc2ccc(C)c(Cl)c2)cc1. The number of hydrogen-bond donors (Lipinski definition) is 2. The summed E-state index contributed by atoms with van der Waals surface area (Å²) in [6, 6.07) is 12.7. The maximum Gasteiger partial charge on any atom is 0.323 e. The van der Waals surface area contributed by atoms with E-state index in [-0.39, 0.29) is 6.03 Å². The molecule has 4 aromatic rings. The summed E-state index contributed by atoms with van der Waals surface area (Å²) < 4.78 is 1.77. The van der Waals surface area contributed by atoms with Gasteiger partial charge in [0.25, 0.3) is 5.78 Å². The number of aromatic nitrogens is 4. The maximum absolute atomic E-state index is 12.3. The molecular weight excluding hydrogens is 432 g/mol. The van der Waals surface area contributed by atoms with Gasteiger partial charge in [-0.2, -0.15) is 14.6 Å². The van der Waals surface area contributed by atoms with Crippen LogP contribution in [0.1, 0.15) is 23.7 Å². The van der Waals surface area contributed by atoms with E-state index in [4.69, 9.17) is 11.6 Å². The molecule has 2 amide bonds. The lowest BCUT2D eigenvalue weighted by atomic mass is 10.2. The first-order chi connectivity index (χ1) is 14.9. The number of hydrogen-bond acceptors (Lipinski definition) is 5. The fraction of sp³-hybridized carbons (Fsp3) is 0.182. The zero-order valence-electron chi connectivity index (χ0n) is 17.3. The van der Waals surface area contributed by atoms with E-state index in [9.17, 15) is 4.79 Å². The van der Waals surface area contributed by atoms with Gasteiger partial charge in [-0.1, -0.05) is 36.4 Å². The molecule has 0 saturated heterocycles. The second-order valence-electron chi connectivity index (χ2n) is 6.98. The molecule has 0 aliphatic carbocycles. The number of carbonyl (C=O) groups excluding carboxylic acids is 1. The third-order valence-electron chi connectivity index (χ3n) is 4.79. The van der Waals surface area contributed by atoms with Crippen molar-refractivity contribution in [1.29, 1.82) is 0 Å². The molecule has 4 rings (SSSR count). The van der Waals surface area contributed by atoms with Crippen LogP contribution in [0.3, 0.4) is 0 Å². The lowest BCUT2D eigenvalue weighted by Gasteiger charge is -2.12. The van der Waals surface area contributed by atoms with Crippen LogP contribution in [0.2, 0.25) is 5.02 Å². The van der Waals surface area contributed by atoms with Crippen molar-refractivity contribution < 1.29 is 4.79 Å². The number of rotatable bonds is 5. The van der Waals surface area contributed by atoms with Crippen molar-refractivity contribution in [2.24, 2.45) is 0 Å². The van der Waals surface area contributed by atoms with E-state index in [0.29, 0.717) is 22.2 Å². The molecule has 0 saturated carbocycles. The first-order valence-electron chi connectivity index (χ1n) is 9.76. The van der Waals surface area contributed by atoms with Gasteiger partial charge in [0.2, 0.25) is 0 Å². The van der Waals surface area contributed by atoms with E-state index >= 15 is 0 Å². The Hall–Kier alpha value is -3.10. The summed E-state index contributed by atoms with van der Waals surface area (Å²) >= 11 is 7.71. The average Bonchev–Trinajstić information content (AvgIpc) is 3.20. The largest absolute Gasteiger partial charge is 0.323 e. The smallest absolute Gasteiger partial charge is 0.308 e. The standard InChI is InChI=1S/C22H21ClN6OS/c1-4-18-14(3)26-21-24-12-25-29(21)20(18)31-17-9-7-15(8-10-17)27-22(30)28-16-6-5-13(2)19(23)11-16/h5-12H,4H2,1-3H3,(H2,27,28,30). The van der Waals surface area contributed by atoms with Crippen LogP contribution in [0.15, 0.2) is 58.7 Å². The Kier molecular flexibility index (Phi) is 6.11. The number of nitrogens with zero attached hydrogens (tertiary/aromatic N) is 4. The molecule has 0 spiro atoms. The maximum atomic E-state index is 12.3. The van der Waals surface area contributed by atoms with E-state index in [0.717, 1.165) is 33.2 Å². The van der Waals surface area contributed by atoms with Gasteiger partial charge in [0.05, 0.1) is 0 Å². The van der Waals surface area contributed by atoms with Crippen LogP contribution in [0.25, 0.3) is 5.78 Å². The Morgan fingerprint density at radius 1 is 1.10 bits per heavy atom. The number of amides is 2. The van der Waals surface area contributed by atoms with E-state index < -0.39 is 0 Å². The highest BCUT2D eigenvalue weighted by Crippen LogP contribution is 2.32. The fourth-order valence-electron chi connectivity index (χ4n) is 3.15. The molecule has 31 heavy (non-hydrogen) atoms. The summed E-state index contributed by atoms with van der Waals surface area (Å²) in [5.74, 6) is 0.586. The number of urea groups is 1. The van der Waals surface area contributed by atoms with E-state index in [1.54, 1.807) is 22.3 Å². The second-order valence-corrected chi connectivity index (χ2v) is 8.45. The average molecular weight is 453 g/mol. The highest BCUT2D eigenvalue weighted by atomic mass is 35.5. The van der Waals surface area contributed by atoms with Crippen molar-refractivity contribution in [3.8, 4) is 0 Å². The highest BCUT2D eigenvalue weighted by Gasteiger charge is 2.14. The van der Waals surface area contributed by atoms with Crippen LogP contribution >= 0.6 is 23.4 Å². The zero-order chi connectivity index (χ0) is 22.0. The monoisotopic (exact) mass is 452 g/mol. The quantitative estimate of drug-likeness (QED) is 0.376. The predicted octanol–water partition coefficient (Wildman–Crippen LogP) is 5.75.